The Morgan fingerprint density at radius 1 is 1.38 bits per heavy atom. The summed E-state index contributed by atoms with van der Waals surface area (Å²) in [7, 11) is 1.50. The molecule has 24 heavy (non-hydrogen) atoms. The number of hydrogen-bond donors (Lipinski definition) is 2. The van der Waals surface area contributed by atoms with E-state index in [1.807, 2.05) is 12.1 Å². The largest absolute Gasteiger partial charge is 0.392 e. The molecule has 1 fully saturated rings. The Bertz CT molecular complexity index is 818. The number of amides is 1. The summed E-state index contributed by atoms with van der Waals surface area (Å²) < 4.78 is 27.3. The molecule has 2 aromatic rings. The summed E-state index contributed by atoms with van der Waals surface area (Å²) in [6, 6.07) is 5.54. The Kier molecular flexibility index (Phi) is 3.42. The van der Waals surface area contributed by atoms with Crippen LogP contribution in [0.15, 0.2) is 24.4 Å². The number of carbonyl (C=O) groups excluding carboxylic acids is 1. The lowest BCUT2D eigenvalue weighted by Crippen LogP contribution is -2.16. The van der Waals surface area contributed by atoms with Crippen LogP contribution in [0.4, 0.5) is 14.5 Å². The van der Waals surface area contributed by atoms with Crippen LogP contribution in [0.5, 0.6) is 0 Å². The van der Waals surface area contributed by atoms with Crippen molar-refractivity contribution in [3.8, 4) is 0 Å². The molecule has 4 rings (SSSR count). The second kappa shape index (κ2) is 5.37. The topological polar surface area (TPSA) is 67.2 Å². The van der Waals surface area contributed by atoms with Gasteiger partial charge in [0.25, 0.3) is 12.3 Å². The maximum absolute atomic E-state index is 13.0. The number of benzene rings is 1. The Morgan fingerprint density at radius 2 is 2.12 bits per heavy atom. The van der Waals surface area contributed by atoms with Crippen molar-refractivity contribution >= 4 is 11.6 Å². The van der Waals surface area contributed by atoms with Gasteiger partial charge in [0.1, 0.15) is 5.69 Å². The number of hydrogen-bond acceptors (Lipinski definition) is 3. The lowest BCUT2D eigenvalue weighted by molar-refractivity contribution is 0.101. The number of aliphatic hydroxyl groups is 1. The number of carbonyl (C=O) groups is 1. The van der Waals surface area contributed by atoms with Crippen molar-refractivity contribution in [2.45, 2.75) is 37.2 Å². The van der Waals surface area contributed by atoms with Gasteiger partial charge in [-0.25, -0.2) is 8.78 Å². The van der Waals surface area contributed by atoms with E-state index < -0.39 is 24.1 Å². The molecule has 126 valence electrons. The zero-order chi connectivity index (χ0) is 17.0. The quantitative estimate of drug-likeness (QED) is 0.907. The number of anilines is 1. The molecule has 2 aliphatic rings. The van der Waals surface area contributed by atoms with E-state index in [4.69, 9.17) is 0 Å². The molecule has 2 aliphatic carbocycles. The maximum Gasteiger partial charge on any atom is 0.282 e. The lowest BCUT2D eigenvalue weighted by Gasteiger charge is -2.18. The Morgan fingerprint density at radius 3 is 2.88 bits per heavy atom. The third kappa shape index (κ3) is 2.15. The summed E-state index contributed by atoms with van der Waals surface area (Å²) in [6.07, 6.45) is -0.129. The second-order valence-corrected chi connectivity index (χ2v) is 6.45. The predicted molar refractivity (Wildman–Crippen MR) is 83.3 cm³/mol. The van der Waals surface area contributed by atoms with Gasteiger partial charge in [0.15, 0.2) is 0 Å². The SMILES string of the molecule is Cn1cc(C(=O)Nc2cccc3c2[C@H]2CCC3C2O)c(C(F)F)n1. The highest BCUT2D eigenvalue weighted by atomic mass is 19.3. The normalized spacial score (nSPS) is 24.5. The van der Waals surface area contributed by atoms with E-state index in [2.05, 4.69) is 10.4 Å². The van der Waals surface area contributed by atoms with E-state index in [0.717, 1.165) is 24.0 Å². The van der Waals surface area contributed by atoms with Crippen LogP contribution in [0, 0.1) is 0 Å². The molecule has 1 heterocycles. The number of fused-ring (bicyclic) bond motifs is 5. The molecule has 2 bridgehead atoms. The van der Waals surface area contributed by atoms with Crippen molar-refractivity contribution in [3.63, 3.8) is 0 Å². The summed E-state index contributed by atoms with van der Waals surface area (Å²) in [4.78, 5) is 12.5. The van der Waals surface area contributed by atoms with Crippen molar-refractivity contribution in [2.75, 3.05) is 5.32 Å². The number of aromatic nitrogens is 2. The molecule has 1 saturated carbocycles. The number of halogens is 2. The first kappa shape index (κ1) is 15.3. The Hall–Kier alpha value is -2.28. The van der Waals surface area contributed by atoms with Gasteiger partial charge in [-0.15, -0.1) is 0 Å². The van der Waals surface area contributed by atoms with E-state index in [9.17, 15) is 18.7 Å². The van der Waals surface area contributed by atoms with Crippen molar-refractivity contribution in [1.29, 1.82) is 0 Å². The van der Waals surface area contributed by atoms with E-state index in [0.29, 0.717) is 5.69 Å². The fourth-order valence-corrected chi connectivity index (χ4v) is 4.10. The highest BCUT2D eigenvalue weighted by Crippen LogP contribution is 2.55. The standard InChI is InChI=1S/C17H17F2N3O2/c1-22-7-11(14(21-22)16(18)19)17(24)20-12-4-2-3-8-9-5-6-10(13(8)12)15(9)23/h2-4,7,9-10,15-16,23H,5-6H2,1H3,(H,20,24)/t9?,10-,15?/m1/s1. The summed E-state index contributed by atoms with van der Waals surface area (Å²) in [5.41, 5.74) is 1.93. The summed E-state index contributed by atoms with van der Waals surface area (Å²) in [5, 5.41) is 16.7. The average Bonchev–Trinajstić information content (AvgIpc) is 3.19. The van der Waals surface area contributed by atoms with Crippen LogP contribution >= 0.6 is 0 Å². The highest BCUT2D eigenvalue weighted by Gasteiger charge is 2.46. The third-order valence-electron chi connectivity index (χ3n) is 5.08. The minimum atomic E-state index is -2.81. The molecule has 0 spiro atoms. The number of nitrogens with one attached hydrogen (secondary N) is 1. The Balaban J connectivity index is 1.68. The number of nitrogens with zero attached hydrogens (tertiary/aromatic N) is 2. The van der Waals surface area contributed by atoms with Gasteiger partial charge in [-0.05, 0) is 30.0 Å². The van der Waals surface area contributed by atoms with Crippen LogP contribution in [0.1, 0.15) is 58.3 Å². The molecule has 1 amide bonds. The molecule has 3 atom stereocenters. The third-order valence-corrected chi connectivity index (χ3v) is 5.08. The van der Waals surface area contributed by atoms with Gasteiger partial charge in [0, 0.05) is 30.8 Å². The van der Waals surface area contributed by atoms with Crippen molar-refractivity contribution in [2.24, 2.45) is 7.05 Å². The van der Waals surface area contributed by atoms with Crippen LogP contribution in [0.2, 0.25) is 0 Å². The fourth-order valence-electron chi connectivity index (χ4n) is 4.10. The first-order valence-electron chi connectivity index (χ1n) is 7.91. The monoisotopic (exact) mass is 333 g/mol. The molecule has 5 nitrogen and oxygen atoms in total. The van der Waals surface area contributed by atoms with Crippen molar-refractivity contribution in [1.82, 2.24) is 9.78 Å². The van der Waals surface area contributed by atoms with Gasteiger partial charge in [-0.2, -0.15) is 5.10 Å². The number of rotatable bonds is 3. The van der Waals surface area contributed by atoms with Gasteiger partial charge >= 0.3 is 0 Å². The van der Waals surface area contributed by atoms with Crippen LogP contribution in [0.25, 0.3) is 0 Å². The molecule has 2 unspecified atom stereocenters. The molecular formula is C17H17F2N3O2. The molecule has 1 aromatic heterocycles. The van der Waals surface area contributed by atoms with E-state index in [1.54, 1.807) is 6.07 Å². The minimum absolute atomic E-state index is 0.00460. The van der Waals surface area contributed by atoms with Crippen LogP contribution in [-0.4, -0.2) is 26.9 Å². The van der Waals surface area contributed by atoms with E-state index in [-0.39, 0.29) is 17.4 Å². The first-order chi connectivity index (χ1) is 11.5. The lowest BCUT2D eigenvalue weighted by atomic mass is 9.90. The summed E-state index contributed by atoms with van der Waals surface area (Å²) >= 11 is 0. The molecule has 0 radical (unpaired) electrons. The van der Waals surface area contributed by atoms with Crippen LogP contribution in [0.3, 0.4) is 0 Å². The minimum Gasteiger partial charge on any atom is -0.392 e. The Labute approximate surface area is 137 Å². The number of alkyl halides is 2. The smallest absolute Gasteiger partial charge is 0.282 e. The van der Waals surface area contributed by atoms with E-state index in [1.165, 1.54) is 17.9 Å². The van der Waals surface area contributed by atoms with Crippen molar-refractivity contribution < 1.29 is 18.7 Å². The van der Waals surface area contributed by atoms with Crippen LogP contribution in [-0.2, 0) is 7.05 Å². The summed E-state index contributed by atoms with van der Waals surface area (Å²) in [5.74, 6) is -0.495. The van der Waals surface area contributed by atoms with E-state index >= 15 is 0 Å². The van der Waals surface area contributed by atoms with Gasteiger partial charge < -0.3 is 10.4 Å². The second-order valence-electron chi connectivity index (χ2n) is 6.45. The van der Waals surface area contributed by atoms with Crippen molar-refractivity contribution in [3.05, 3.63) is 46.8 Å². The summed E-state index contributed by atoms with van der Waals surface area (Å²) in [6.45, 7) is 0. The van der Waals surface area contributed by atoms with Gasteiger partial charge in [-0.3, -0.25) is 9.48 Å². The zero-order valence-corrected chi connectivity index (χ0v) is 13.0. The molecule has 0 saturated heterocycles. The fraction of sp³-hybridized carbons (Fsp3) is 0.412. The maximum atomic E-state index is 13.0. The molecule has 1 aromatic carbocycles. The molecule has 2 N–H and O–H groups in total. The zero-order valence-electron chi connectivity index (χ0n) is 13.0. The number of aryl methyl sites for hydroxylation is 1. The van der Waals surface area contributed by atoms with Gasteiger partial charge in [0.2, 0.25) is 0 Å². The molecular weight excluding hydrogens is 316 g/mol. The predicted octanol–water partition coefficient (Wildman–Crippen LogP) is 2.95. The average molecular weight is 333 g/mol. The highest BCUT2D eigenvalue weighted by molar-refractivity contribution is 6.05. The number of aliphatic hydroxyl groups excluding tert-OH is 1. The van der Waals surface area contributed by atoms with Gasteiger partial charge in [-0.1, -0.05) is 12.1 Å². The van der Waals surface area contributed by atoms with Crippen LogP contribution < -0.4 is 5.32 Å². The molecule has 7 heteroatoms. The molecule has 0 aliphatic heterocycles. The van der Waals surface area contributed by atoms with Gasteiger partial charge in [0.05, 0.1) is 11.7 Å². The first-order valence-corrected chi connectivity index (χ1v) is 7.91.